The summed E-state index contributed by atoms with van der Waals surface area (Å²) in [5.74, 6) is 1.03. The van der Waals surface area contributed by atoms with Gasteiger partial charge in [0.1, 0.15) is 0 Å². The summed E-state index contributed by atoms with van der Waals surface area (Å²) >= 11 is 0. The number of rotatable bonds is 6. The van der Waals surface area contributed by atoms with E-state index < -0.39 is 10.2 Å². The monoisotopic (exact) mass is 289 g/mol. The molecule has 2 fully saturated rings. The van der Waals surface area contributed by atoms with Crippen molar-refractivity contribution in [1.82, 2.24) is 13.9 Å². The van der Waals surface area contributed by atoms with E-state index in [2.05, 4.69) is 5.32 Å². The molecule has 0 aromatic carbocycles. The highest BCUT2D eigenvalue weighted by atomic mass is 32.2. The topological polar surface area (TPSA) is 52.7 Å². The molecule has 1 aliphatic carbocycles. The predicted molar refractivity (Wildman–Crippen MR) is 77.1 cm³/mol. The fourth-order valence-corrected chi connectivity index (χ4v) is 4.57. The normalized spacial score (nSPS) is 26.6. The van der Waals surface area contributed by atoms with Crippen LogP contribution in [0.5, 0.6) is 0 Å². The summed E-state index contributed by atoms with van der Waals surface area (Å²) in [7, 11) is 0.413. The van der Waals surface area contributed by atoms with Crippen LogP contribution in [0.15, 0.2) is 0 Å². The van der Waals surface area contributed by atoms with E-state index in [1.54, 1.807) is 15.7 Å². The Balaban J connectivity index is 1.93. The molecule has 1 unspecified atom stereocenters. The largest absolute Gasteiger partial charge is 0.319 e. The van der Waals surface area contributed by atoms with Gasteiger partial charge in [0.05, 0.1) is 0 Å². The van der Waals surface area contributed by atoms with Crippen LogP contribution in [0.2, 0.25) is 0 Å². The maximum Gasteiger partial charge on any atom is 0.281 e. The van der Waals surface area contributed by atoms with Gasteiger partial charge in [0, 0.05) is 26.7 Å². The molecule has 0 bridgehead atoms. The van der Waals surface area contributed by atoms with Crippen molar-refractivity contribution in [2.24, 2.45) is 11.8 Å². The average molecular weight is 289 g/mol. The van der Waals surface area contributed by atoms with Gasteiger partial charge in [-0.3, -0.25) is 0 Å². The van der Waals surface area contributed by atoms with Gasteiger partial charge in [0.2, 0.25) is 0 Å². The Morgan fingerprint density at radius 2 is 1.89 bits per heavy atom. The zero-order valence-electron chi connectivity index (χ0n) is 12.1. The SMILES string of the molecule is CNCC1CCCN(S(=O)(=O)N(C)CC2CCC2)C1. The lowest BCUT2D eigenvalue weighted by atomic mass is 9.86. The number of nitrogens with one attached hydrogen (secondary N) is 1. The van der Waals surface area contributed by atoms with Gasteiger partial charge in [-0.2, -0.15) is 17.0 Å². The fraction of sp³-hybridized carbons (Fsp3) is 1.00. The molecule has 1 atom stereocenters. The average Bonchev–Trinajstić information content (AvgIpc) is 2.34. The number of piperidine rings is 1. The van der Waals surface area contributed by atoms with Crippen molar-refractivity contribution in [2.75, 3.05) is 40.3 Å². The third-order valence-corrected chi connectivity index (χ3v) is 6.36. The Labute approximate surface area is 117 Å². The van der Waals surface area contributed by atoms with Gasteiger partial charge >= 0.3 is 0 Å². The van der Waals surface area contributed by atoms with E-state index in [9.17, 15) is 8.42 Å². The molecule has 1 aliphatic heterocycles. The zero-order valence-corrected chi connectivity index (χ0v) is 13.0. The van der Waals surface area contributed by atoms with E-state index >= 15 is 0 Å². The molecule has 0 amide bonds. The molecule has 5 nitrogen and oxygen atoms in total. The first-order valence-corrected chi connectivity index (χ1v) is 8.79. The molecule has 0 spiro atoms. The first-order chi connectivity index (χ1) is 9.04. The molecule has 2 rings (SSSR count). The highest BCUT2D eigenvalue weighted by molar-refractivity contribution is 7.86. The maximum absolute atomic E-state index is 12.5. The van der Waals surface area contributed by atoms with Gasteiger partial charge in [-0.1, -0.05) is 6.42 Å². The number of nitrogens with zero attached hydrogens (tertiary/aromatic N) is 2. The molecule has 0 radical (unpaired) electrons. The summed E-state index contributed by atoms with van der Waals surface area (Å²) in [6.45, 7) is 2.93. The van der Waals surface area contributed by atoms with Crippen molar-refractivity contribution in [3.05, 3.63) is 0 Å². The lowest BCUT2D eigenvalue weighted by Gasteiger charge is -2.36. The maximum atomic E-state index is 12.5. The fourth-order valence-electron chi connectivity index (χ4n) is 3.02. The third-order valence-electron chi connectivity index (χ3n) is 4.43. The van der Waals surface area contributed by atoms with Crippen molar-refractivity contribution in [3.63, 3.8) is 0 Å². The minimum Gasteiger partial charge on any atom is -0.319 e. The Morgan fingerprint density at radius 1 is 1.21 bits per heavy atom. The molecule has 19 heavy (non-hydrogen) atoms. The molecular formula is C13H27N3O2S. The molecule has 1 N–H and O–H groups in total. The Hall–Kier alpha value is -0.170. The van der Waals surface area contributed by atoms with Crippen LogP contribution in [0.1, 0.15) is 32.1 Å². The number of hydrogen-bond donors (Lipinski definition) is 1. The van der Waals surface area contributed by atoms with E-state index in [4.69, 9.17) is 0 Å². The van der Waals surface area contributed by atoms with Crippen LogP contribution < -0.4 is 5.32 Å². The van der Waals surface area contributed by atoms with Gasteiger partial charge in [0.15, 0.2) is 0 Å². The minimum atomic E-state index is -3.25. The van der Waals surface area contributed by atoms with Crippen molar-refractivity contribution >= 4 is 10.2 Å². The standard InChI is InChI=1S/C13H27N3O2S/c1-14-9-13-7-4-8-16(11-13)19(17,18)15(2)10-12-5-3-6-12/h12-14H,3-11H2,1-2H3. The summed E-state index contributed by atoms with van der Waals surface area (Å²) in [6, 6.07) is 0. The van der Waals surface area contributed by atoms with Gasteiger partial charge < -0.3 is 5.32 Å². The third kappa shape index (κ3) is 3.68. The second kappa shape index (κ2) is 6.52. The molecule has 0 aromatic heterocycles. The highest BCUT2D eigenvalue weighted by Gasteiger charge is 2.33. The first kappa shape index (κ1) is 15.2. The van der Waals surface area contributed by atoms with Crippen LogP contribution in [0.25, 0.3) is 0 Å². The quantitative estimate of drug-likeness (QED) is 0.790. The van der Waals surface area contributed by atoms with Gasteiger partial charge in [-0.25, -0.2) is 0 Å². The summed E-state index contributed by atoms with van der Waals surface area (Å²) in [4.78, 5) is 0. The molecule has 0 aromatic rings. The van der Waals surface area contributed by atoms with E-state index in [1.165, 1.54) is 19.3 Å². The van der Waals surface area contributed by atoms with E-state index in [0.29, 0.717) is 31.5 Å². The van der Waals surface area contributed by atoms with Crippen LogP contribution in [0, 0.1) is 11.8 Å². The van der Waals surface area contributed by atoms with Crippen molar-refractivity contribution in [1.29, 1.82) is 0 Å². The Kier molecular flexibility index (Phi) is 5.22. The molecule has 2 aliphatic rings. The summed E-state index contributed by atoms with van der Waals surface area (Å²) < 4.78 is 28.3. The van der Waals surface area contributed by atoms with Gasteiger partial charge in [0.25, 0.3) is 10.2 Å². The van der Waals surface area contributed by atoms with Crippen molar-refractivity contribution in [3.8, 4) is 0 Å². The smallest absolute Gasteiger partial charge is 0.281 e. The lowest BCUT2D eigenvalue weighted by molar-refractivity contribution is 0.226. The Morgan fingerprint density at radius 3 is 2.47 bits per heavy atom. The minimum absolute atomic E-state index is 0.450. The molecule has 1 saturated carbocycles. The summed E-state index contributed by atoms with van der Waals surface area (Å²) in [5, 5.41) is 3.15. The first-order valence-electron chi connectivity index (χ1n) is 7.40. The Bertz CT molecular complexity index is 379. The van der Waals surface area contributed by atoms with Crippen LogP contribution in [-0.2, 0) is 10.2 Å². The van der Waals surface area contributed by atoms with Gasteiger partial charge in [-0.15, -0.1) is 0 Å². The number of hydrogen-bond acceptors (Lipinski definition) is 3. The van der Waals surface area contributed by atoms with E-state index in [1.807, 2.05) is 7.05 Å². The zero-order chi connectivity index (χ0) is 13.9. The van der Waals surface area contributed by atoms with Crippen LogP contribution in [0.4, 0.5) is 0 Å². The van der Waals surface area contributed by atoms with Crippen molar-refractivity contribution < 1.29 is 8.42 Å². The second-order valence-corrected chi connectivity index (χ2v) is 8.04. The lowest BCUT2D eigenvalue weighted by Crippen LogP contribution is -2.49. The van der Waals surface area contributed by atoms with Crippen molar-refractivity contribution in [2.45, 2.75) is 32.1 Å². The van der Waals surface area contributed by atoms with Gasteiger partial charge in [-0.05, 0) is 51.1 Å². The molecular weight excluding hydrogens is 262 g/mol. The van der Waals surface area contributed by atoms with Crippen LogP contribution in [0.3, 0.4) is 0 Å². The van der Waals surface area contributed by atoms with E-state index in [-0.39, 0.29) is 0 Å². The predicted octanol–water partition coefficient (Wildman–Crippen LogP) is 0.895. The summed E-state index contributed by atoms with van der Waals surface area (Å²) in [5.41, 5.74) is 0. The van der Waals surface area contributed by atoms with Crippen LogP contribution >= 0.6 is 0 Å². The molecule has 1 saturated heterocycles. The summed E-state index contributed by atoms with van der Waals surface area (Å²) in [6.07, 6.45) is 5.72. The second-order valence-electron chi connectivity index (χ2n) is 6.01. The molecule has 112 valence electrons. The highest BCUT2D eigenvalue weighted by Crippen LogP contribution is 2.28. The van der Waals surface area contributed by atoms with E-state index in [0.717, 1.165) is 19.4 Å². The molecule has 6 heteroatoms. The van der Waals surface area contributed by atoms with Crippen LogP contribution in [-0.4, -0.2) is 57.3 Å². The molecule has 1 heterocycles.